The van der Waals surface area contributed by atoms with Crippen molar-refractivity contribution in [1.29, 1.82) is 0 Å². The second kappa shape index (κ2) is 5.48. The highest BCUT2D eigenvalue weighted by molar-refractivity contribution is 9.10. The quantitative estimate of drug-likeness (QED) is 0.296. The fourth-order valence-electron chi connectivity index (χ4n) is 4.24. The van der Waals surface area contributed by atoms with Crippen LogP contribution in [0.1, 0.15) is 0 Å². The standard InChI is InChI=1S/C24H15BrN2/c25-15-10-13-22-20(14-15)19-12-11-18-17-8-4-5-9-21(17)26-23(18)24(19)27(22)16-6-2-1-3-7-16/h1-14,26H. The van der Waals surface area contributed by atoms with Crippen LogP contribution < -0.4 is 0 Å². The molecule has 0 atom stereocenters. The van der Waals surface area contributed by atoms with Crippen LogP contribution in [0.2, 0.25) is 0 Å². The lowest BCUT2D eigenvalue weighted by molar-refractivity contribution is 1.18. The van der Waals surface area contributed by atoms with Gasteiger partial charge in [0.15, 0.2) is 0 Å². The lowest BCUT2D eigenvalue weighted by Gasteiger charge is -2.08. The molecule has 0 aliphatic rings. The monoisotopic (exact) mass is 410 g/mol. The highest BCUT2D eigenvalue weighted by Gasteiger charge is 2.17. The normalized spacial score (nSPS) is 11.9. The third-order valence-corrected chi connectivity index (χ3v) is 5.88. The number of rotatable bonds is 1. The second-order valence-electron chi connectivity index (χ2n) is 6.89. The fraction of sp³-hybridized carbons (Fsp3) is 0. The summed E-state index contributed by atoms with van der Waals surface area (Å²) >= 11 is 3.64. The SMILES string of the molecule is Brc1ccc2c(c1)c1ccc3c4ccccc4[nH]c3c1n2-c1ccccc1. The van der Waals surface area contributed by atoms with Crippen LogP contribution in [0.3, 0.4) is 0 Å². The van der Waals surface area contributed by atoms with Gasteiger partial charge in [0.2, 0.25) is 0 Å². The zero-order chi connectivity index (χ0) is 18.0. The van der Waals surface area contributed by atoms with Crippen molar-refractivity contribution in [2.45, 2.75) is 0 Å². The maximum absolute atomic E-state index is 3.67. The molecule has 0 saturated carbocycles. The lowest BCUT2D eigenvalue weighted by Crippen LogP contribution is -1.93. The highest BCUT2D eigenvalue weighted by atomic mass is 79.9. The number of para-hydroxylation sites is 2. The summed E-state index contributed by atoms with van der Waals surface area (Å²) in [5.41, 5.74) is 5.97. The topological polar surface area (TPSA) is 20.7 Å². The molecule has 27 heavy (non-hydrogen) atoms. The van der Waals surface area contributed by atoms with Gasteiger partial charge in [-0.15, -0.1) is 0 Å². The average Bonchev–Trinajstić information content (AvgIpc) is 3.24. The maximum Gasteiger partial charge on any atom is 0.0783 e. The van der Waals surface area contributed by atoms with Crippen LogP contribution >= 0.6 is 15.9 Å². The van der Waals surface area contributed by atoms with E-state index in [4.69, 9.17) is 0 Å². The smallest absolute Gasteiger partial charge is 0.0783 e. The van der Waals surface area contributed by atoms with E-state index in [-0.39, 0.29) is 0 Å². The van der Waals surface area contributed by atoms with Crippen molar-refractivity contribution in [2.75, 3.05) is 0 Å². The summed E-state index contributed by atoms with van der Waals surface area (Å²) in [4.78, 5) is 3.67. The van der Waals surface area contributed by atoms with Gasteiger partial charge in [0.25, 0.3) is 0 Å². The van der Waals surface area contributed by atoms with Crippen LogP contribution in [0.15, 0.2) is 89.4 Å². The maximum atomic E-state index is 3.67. The van der Waals surface area contributed by atoms with Crippen molar-refractivity contribution in [3.63, 3.8) is 0 Å². The lowest BCUT2D eigenvalue weighted by atomic mass is 10.1. The second-order valence-corrected chi connectivity index (χ2v) is 7.80. The average molecular weight is 411 g/mol. The zero-order valence-corrected chi connectivity index (χ0v) is 16.0. The molecule has 2 heterocycles. The number of nitrogens with one attached hydrogen (secondary N) is 1. The van der Waals surface area contributed by atoms with Crippen molar-refractivity contribution < 1.29 is 0 Å². The predicted molar refractivity (Wildman–Crippen MR) is 118 cm³/mol. The van der Waals surface area contributed by atoms with E-state index in [2.05, 4.69) is 110 Å². The minimum absolute atomic E-state index is 1.10. The van der Waals surface area contributed by atoms with Gasteiger partial charge in [-0.2, -0.15) is 0 Å². The van der Waals surface area contributed by atoms with Gasteiger partial charge in [-0.05, 0) is 36.4 Å². The largest absolute Gasteiger partial charge is 0.353 e. The van der Waals surface area contributed by atoms with Gasteiger partial charge in [0.1, 0.15) is 0 Å². The molecule has 2 nitrogen and oxygen atoms in total. The number of fused-ring (bicyclic) bond motifs is 7. The number of H-pyrrole nitrogens is 1. The van der Waals surface area contributed by atoms with Crippen molar-refractivity contribution in [2.24, 2.45) is 0 Å². The van der Waals surface area contributed by atoms with Gasteiger partial charge in [-0.3, -0.25) is 0 Å². The van der Waals surface area contributed by atoms with E-state index < -0.39 is 0 Å². The van der Waals surface area contributed by atoms with Gasteiger partial charge >= 0.3 is 0 Å². The van der Waals surface area contributed by atoms with Gasteiger partial charge in [0, 0.05) is 37.2 Å². The number of hydrogen-bond acceptors (Lipinski definition) is 0. The first-order chi connectivity index (χ1) is 13.3. The van der Waals surface area contributed by atoms with E-state index in [1.165, 1.54) is 49.3 Å². The predicted octanol–water partition coefficient (Wildman–Crippen LogP) is 7.18. The van der Waals surface area contributed by atoms with E-state index in [1.54, 1.807) is 0 Å². The number of nitrogens with zero attached hydrogens (tertiary/aromatic N) is 1. The van der Waals surface area contributed by atoms with Crippen molar-refractivity contribution in [3.05, 3.63) is 89.4 Å². The Morgan fingerprint density at radius 1 is 0.667 bits per heavy atom. The van der Waals surface area contributed by atoms with Crippen LogP contribution in [0.5, 0.6) is 0 Å². The molecule has 0 aliphatic carbocycles. The Morgan fingerprint density at radius 2 is 1.44 bits per heavy atom. The molecular formula is C24H15BrN2. The fourth-order valence-corrected chi connectivity index (χ4v) is 4.60. The van der Waals surface area contributed by atoms with Crippen molar-refractivity contribution in [3.8, 4) is 5.69 Å². The van der Waals surface area contributed by atoms with Crippen molar-refractivity contribution in [1.82, 2.24) is 9.55 Å². The summed E-state index contributed by atoms with van der Waals surface area (Å²) in [7, 11) is 0. The molecular weight excluding hydrogens is 396 g/mol. The van der Waals surface area contributed by atoms with E-state index in [1.807, 2.05) is 0 Å². The van der Waals surface area contributed by atoms with E-state index in [9.17, 15) is 0 Å². The molecule has 0 fully saturated rings. The Balaban J connectivity index is 1.92. The van der Waals surface area contributed by atoms with Gasteiger partial charge < -0.3 is 9.55 Å². The third-order valence-electron chi connectivity index (χ3n) is 5.38. The molecule has 4 aromatic carbocycles. The Hall–Kier alpha value is -3.04. The molecule has 1 N–H and O–H groups in total. The molecule has 6 aromatic rings. The summed E-state index contributed by atoms with van der Waals surface area (Å²) in [5.74, 6) is 0. The molecule has 0 saturated heterocycles. The van der Waals surface area contributed by atoms with E-state index in [0.29, 0.717) is 0 Å². The first-order valence-electron chi connectivity index (χ1n) is 9.00. The molecule has 6 rings (SSSR count). The highest BCUT2D eigenvalue weighted by Crippen LogP contribution is 2.39. The Morgan fingerprint density at radius 3 is 2.33 bits per heavy atom. The van der Waals surface area contributed by atoms with Crippen molar-refractivity contribution >= 4 is 59.5 Å². The molecule has 3 heteroatoms. The number of aromatic nitrogens is 2. The van der Waals surface area contributed by atoms with E-state index >= 15 is 0 Å². The van der Waals surface area contributed by atoms with Crippen LogP contribution in [0.25, 0.3) is 49.3 Å². The summed E-state index contributed by atoms with van der Waals surface area (Å²) in [6.45, 7) is 0. The van der Waals surface area contributed by atoms with E-state index in [0.717, 1.165) is 4.47 Å². The summed E-state index contributed by atoms with van der Waals surface area (Å²) < 4.78 is 3.47. The molecule has 2 aromatic heterocycles. The molecule has 0 aliphatic heterocycles. The van der Waals surface area contributed by atoms with Crippen LogP contribution in [0.4, 0.5) is 0 Å². The summed E-state index contributed by atoms with van der Waals surface area (Å²) in [6, 6.07) is 30.1. The summed E-state index contributed by atoms with van der Waals surface area (Å²) in [5, 5.41) is 5.04. The molecule has 0 bridgehead atoms. The molecule has 0 spiro atoms. The number of halogens is 1. The third kappa shape index (κ3) is 2.06. The number of hydrogen-bond donors (Lipinski definition) is 1. The van der Waals surface area contributed by atoms with Crippen LogP contribution in [-0.4, -0.2) is 9.55 Å². The van der Waals surface area contributed by atoms with Crippen LogP contribution in [-0.2, 0) is 0 Å². The Kier molecular flexibility index (Phi) is 3.06. The zero-order valence-electron chi connectivity index (χ0n) is 14.4. The Bertz CT molecular complexity index is 1470. The minimum atomic E-state index is 1.10. The van der Waals surface area contributed by atoms with Gasteiger partial charge in [0.05, 0.1) is 16.6 Å². The Labute approximate surface area is 164 Å². The minimum Gasteiger partial charge on any atom is -0.353 e. The molecule has 0 unspecified atom stereocenters. The molecule has 0 radical (unpaired) electrons. The van der Waals surface area contributed by atoms with Gasteiger partial charge in [-0.25, -0.2) is 0 Å². The van der Waals surface area contributed by atoms with Gasteiger partial charge in [-0.1, -0.05) is 64.5 Å². The first-order valence-corrected chi connectivity index (χ1v) is 9.79. The number of aromatic amines is 1. The van der Waals surface area contributed by atoms with Crippen LogP contribution in [0, 0.1) is 0 Å². The molecule has 128 valence electrons. The molecule has 0 amide bonds. The number of benzene rings is 4. The summed E-state index contributed by atoms with van der Waals surface area (Å²) in [6.07, 6.45) is 0. The first kappa shape index (κ1) is 15.1.